The lowest BCUT2D eigenvalue weighted by Gasteiger charge is -2.08. The Bertz CT molecular complexity index is 873. The molecular formula is C21H22FN3O2. The number of carbonyl (C=O) groups is 1. The van der Waals surface area contributed by atoms with Crippen LogP contribution in [0.5, 0.6) is 5.75 Å². The summed E-state index contributed by atoms with van der Waals surface area (Å²) in [7, 11) is 0. The highest BCUT2D eigenvalue weighted by atomic mass is 19.1. The Labute approximate surface area is 157 Å². The molecule has 0 atom stereocenters. The van der Waals surface area contributed by atoms with Crippen molar-refractivity contribution in [3.05, 3.63) is 83.4 Å². The van der Waals surface area contributed by atoms with E-state index in [1.54, 1.807) is 24.3 Å². The minimum absolute atomic E-state index is 0.0994. The van der Waals surface area contributed by atoms with Gasteiger partial charge in [0.25, 0.3) is 5.91 Å². The monoisotopic (exact) mass is 367 g/mol. The second-order valence-electron chi connectivity index (χ2n) is 6.33. The van der Waals surface area contributed by atoms with Crippen LogP contribution in [0, 0.1) is 12.7 Å². The topological polar surface area (TPSA) is 56.2 Å². The minimum atomic E-state index is -0.294. The predicted molar refractivity (Wildman–Crippen MR) is 101 cm³/mol. The standard InChI is InChI=1S/C21H22FN3O2/c1-16-13-24-25(14-16)12-2-11-23-21(26)18-5-3-17(4-6-18)15-27-20-9-7-19(22)8-10-20/h3-10,13-14H,2,11-12,15H2,1H3,(H,23,26). The molecule has 0 radical (unpaired) electrons. The third-order valence-corrected chi connectivity index (χ3v) is 4.05. The second-order valence-corrected chi connectivity index (χ2v) is 6.33. The Balaban J connectivity index is 1.42. The first-order valence-electron chi connectivity index (χ1n) is 8.85. The summed E-state index contributed by atoms with van der Waals surface area (Å²) in [6, 6.07) is 13.1. The van der Waals surface area contributed by atoms with Gasteiger partial charge in [-0.05, 0) is 60.9 Å². The summed E-state index contributed by atoms with van der Waals surface area (Å²) >= 11 is 0. The third-order valence-electron chi connectivity index (χ3n) is 4.05. The average Bonchev–Trinajstić information content (AvgIpc) is 3.10. The molecule has 140 valence electrons. The van der Waals surface area contributed by atoms with Crippen LogP contribution in [0.1, 0.15) is 27.9 Å². The fourth-order valence-corrected chi connectivity index (χ4v) is 2.58. The van der Waals surface area contributed by atoms with Gasteiger partial charge >= 0.3 is 0 Å². The van der Waals surface area contributed by atoms with Gasteiger partial charge in [-0.3, -0.25) is 9.48 Å². The van der Waals surface area contributed by atoms with Crippen LogP contribution in [-0.2, 0) is 13.2 Å². The molecule has 0 spiro atoms. The number of benzene rings is 2. The van der Waals surface area contributed by atoms with Gasteiger partial charge in [-0.1, -0.05) is 12.1 Å². The fraction of sp³-hybridized carbons (Fsp3) is 0.238. The van der Waals surface area contributed by atoms with Crippen LogP contribution in [0.4, 0.5) is 4.39 Å². The highest BCUT2D eigenvalue weighted by molar-refractivity contribution is 5.94. The number of halogens is 1. The molecule has 0 aliphatic heterocycles. The molecule has 0 aliphatic carbocycles. The third kappa shape index (κ3) is 5.67. The van der Waals surface area contributed by atoms with Crippen LogP contribution in [0.15, 0.2) is 60.9 Å². The summed E-state index contributed by atoms with van der Waals surface area (Å²) in [4.78, 5) is 12.2. The van der Waals surface area contributed by atoms with Crippen LogP contribution >= 0.6 is 0 Å². The van der Waals surface area contributed by atoms with Gasteiger partial charge in [0.2, 0.25) is 0 Å². The van der Waals surface area contributed by atoms with E-state index in [1.165, 1.54) is 12.1 Å². The molecule has 27 heavy (non-hydrogen) atoms. The van der Waals surface area contributed by atoms with Crippen LogP contribution < -0.4 is 10.1 Å². The average molecular weight is 367 g/mol. The van der Waals surface area contributed by atoms with Crippen molar-refractivity contribution in [2.45, 2.75) is 26.5 Å². The molecule has 0 unspecified atom stereocenters. The summed E-state index contributed by atoms with van der Waals surface area (Å²) < 4.78 is 20.3. The number of hydrogen-bond acceptors (Lipinski definition) is 3. The SMILES string of the molecule is Cc1cnn(CCCNC(=O)c2ccc(COc3ccc(F)cc3)cc2)c1. The summed E-state index contributed by atoms with van der Waals surface area (Å²) in [6.07, 6.45) is 4.62. The van der Waals surface area contributed by atoms with Crippen molar-refractivity contribution in [2.24, 2.45) is 0 Å². The molecule has 1 heterocycles. The minimum Gasteiger partial charge on any atom is -0.489 e. The number of amides is 1. The molecule has 0 saturated carbocycles. The normalized spacial score (nSPS) is 10.6. The van der Waals surface area contributed by atoms with E-state index in [4.69, 9.17) is 4.74 Å². The number of ether oxygens (including phenoxy) is 1. The van der Waals surface area contributed by atoms with Gasteiger partial charge in [-0.15, -0.1) is 0 Å². The number of carbonyl (C=O) groups excluding carboxylic acids is 1. The van der Waals surface area contributed by atoms with Crippen molar-refractivity contribution in [1.29, 1.82) is 0 Å². The Kier molecular flexibility index (Phi) is 6.20. The van der Waals surface area contributed by atoms with Crippen molar-refractivity contribution < 1.29 is 13.9 Å². The van der Waals surface area contributed by atoms with Crippen molar-refractivity contribution >= 4 is 5.91 Å². The lowest BCUT2D eigenvalue weighted by atomic mass is 10.1. The first kappa shape index (κ1) is 18.6. The van der Waals surface area contributed by atoms with E-state index in [2.05, 4.69) is 10.4 Å². The lowest BCUT2D eigenvalue weighted by Crippen LogP contribution is -2.25. The zero-order chi connectivity index (χ0) is 19.1. The zero-order valence-electron chi connectivity index (χ0n) is 15.2. The summed E-state index contributed by atoms with van der Waals surface area (Å²) in [5, 5.41) is 7.13. The van der Waals surface area contributed by atoms with Gasteiger partial charge in [0.15, 0.2) is 0 Å². The van der Waals surface area contributed by atoms with E-state index in [0.29, 0.717) is 24.5 Å². The van der Waals surface area contributed by atoms with Gasteiger partial charge in [-0.25, -0.2) is 4.39 Å². The van der Waals surface area contributed by atoms with Crippen LogP contribution in [0.25, 0.3) is 0 Å². The molecule has 1 aromatic heterocycles. The first-order valence-corrected chi connectivity index (χ1v) is 8.85. The van der Waals surface area contributed by atoms with E-state index in [9.17, 15) is 9.18 Å². The van der Waals surface area contributed by atoms with Crippen LogP contribution in [0.2, 0.25) is 0 Å². The number of aromatic nitrogens is 2. The highest BCUT2D eigenvalue weighted by Crippen LogP contribution is 2.14. The molecule has 0 fully saturated rings. The molecule has 2 aromatic carbocycles. The Morgan fingerprint density at radius 3 is 2.56 bits per heavy atom. The number of aryl methyl sites for hydroxylation is 2. The Morgan fingerprint density at radius 1 is 1.15 bits per heavy atom. The Hall–Kier alpha value is -3.15. The van der Waals surface area contributed by atoms with Crippen LogP contribution in [0.3, 0.4) is 0 Å². The first-order chi connectivity index (χ1) is 13.1. The number of nitrogens with one attached hydrogen (secondary N) is 1. The van der Waals surface area contributed by atoms with Crippen molar-refractivity contribution in [2.75, 3.05) is 6.54 Å². The molecule has 0 aliphatic rings. The molecule has 6 heteroatoms. The number of rotatable bonds is 8. The van der Waals surface area contributed by atoms with E-state index in [1.807, 2.05) is 36.1 Å². The summed E-state index contributed by atoms with van der Waals surface area (Å²) in [5.74, 6) is 0.209. The molecule has 3 rings (SSSR count). The highest BCUT2D eigenvalue weighted by Gasteiger charge is 2.05. The van der Waals surface area contributed by atoms with E-state index >= 15 is 0 Å². The van der Waals surface area contributed by atoms with Gasteiger partial charge in [0.05, 0.1) is 6.20 Å². The smallest absolute Gasteiger partial charge is 0.251 e. The molecule has 0 saturated heterocycles. The maximum absolute atomic E-state index is 12.9. The second kappa shape index (κ2) is 8.98. The Morgan fingerprint density at radius 2 is 1.89 bits per heavy atom. The quantitative estimate of drug-likeness (QED) is 0.617. The van der Waals surface area contributed by atoms with E-state index in [-0.39, 0.29) is 11.7 Å². The van der Waals surface area contributed by atoms with E-state index in [0.717, 1.165) is 24.1 Å². The van der Waals surface area contributed by atoms with Gasteiger partial charge in [0, 0.05) is 24.8 Å². The molecule has 1 amide bonds. The molecule has 1 N–H and O–H groups in total. The largest absolute Gasteiger partial charge is 0.489 e. The summed E-state index contributed by atoms with van der Waals surface area (Å²) in [5.41, 5.74) is 2.67. The molecule has 0 bridgehead atoms. The van der Waals surface area contributed by atoms with Gasteiger partial charge in [-0.2, -0.15) is 5.10 Å². The molecule has 3 aromatic rings. The van der Waals surface area contributed by atoms with Gasteiger partial charge < -0.3 is 10.1 Å². The van der Waals surface area contributed by atoms with Crippen molar-refractivity contribution in [3.8, 4) is 5.75 Å². The lowest BCUT2D eigenvalue weighted by molar-refractivity contribution is 0.0952. The summed E-state index contributed by atoms with van der Waals surface area (Å²) in [6.45, 7) is 3.72. The maximum atomic E-state index is 12.9. The number of nitrogens with zero attached hydrogens (tertiary/aromatic N) is 2. The predicted octanol–water partition coefficient (Wildman–Crippen LogP) is 3.73. The van der Waals surface area contributed by atoms with E-state index < -0.39 is 0 Å². The van der Waals surface area contributed by atoms with Gasteiger partial charge in [0.1, 0.15) is 18.2 Å². The molecule has 5 nitrogen and oxygen atoms in total. The zero-order valence-corrected chi connectivity index (χ0v) is 15.2. The fourth-order valence-electron chi connectivity index (χ4n) is 2.58. The van der Waals surface area contributed by atoms with Crippen LogP contribution in [-0.4, -0.2) is 22.2 Å². The van der Waals surface area contributed by atoms with Crippen molar-refractivity contribution in [1.82, 2.24) is 15.1 Å². The number of hydrogen-bond donors (Lipinski definition) is 1. The van der Waals surface area contributed by atoms with Crippen molar-refractivity contribution in [3.63, 3.8) is 0 Å². The molecular weight excluding hydrogens is 345 g/mol. The maximum Gasteiger partial charge on any atom is 0.251 e.